The average Bonchev–Trinajstić information content (AvgIpc) is 2.63. The first-order valence-corrected chi connectivity index (χ1v) is 10.2. The highest BCUT2D eigenvalue weighted by molar-refractivity contribution is 7.93. The largest absolute Gasteiger partial charge is 0.283 e. The van der Waals surface area contributed by atoms with Gasteiger partial charge in [0.2, 0.25) is 10.0 Å². The molecule has 8 heteroatoms. The van der Waals surface area contributed by atoms with E-state index < -0.39 is 15.8 Å². The first-order valence-electron chi connectivity index (χ1n) is 8.29. The molecule has 2 aromatic rings. The molecule has 136 valence electrons. The van der Waals surface area contributed by atoms with Crippen LogP contribution in [0.25, 0.3) is 11.3 Å². The molecular weight excluding hydrogens is 377 g/mol. The molecule has 1 aromatic heterocycles. The van der Waals surface area contributed by atoms with Crippen molar-refractivity contribution in [1.82, 2.24) is 4.98 Å². The fraction of sp³-hybridized carbons (Fsp3) is 0.333. The van der Waals surface area contributed by atoms with Gasteiger partial charge in [0, 0.05) is 11.3 Å². The predicted molar refractivity (Wildman–Crippen MR) is 98.8 cm³/mol. The van der Waals surface area contributed by atoms with E-state index in [0.717, 1.165) is 25.3 Å². The first-order chi connectivity index (χ1) is 12.4. The summed E-state index contributed by atoms with van der Waals surface area (Å²) in [6.45, 7) is 0. The summed E-state index contributed by atoms with van der Waals surface area (Å²) in [7, 11) is -3.46. The SMILES string of the molecule is N#Cc1nc(-c2ccc(NS(=O)(=O)C3CCCCC3)cc2Cl)ccc1F. The Balaban J connectivity index is 1.85. The number of nitrogens with one attached hydrogen (secondary N) is 1. The summed E-state index contributed by atoms with van der Waals surface area (Å²) in [6.07, 6.45) is 4.24. The molecule has 0 atom stereocenters. The van der Waals surface area contributed by atoms with Crippen LogP contribution < -0.4 is 4.72 Å². The van der Waals surface area contributed by atoms with Crippen LogP contribution in [0, 0.1) is 17.1 Å². The number of rotatable bonds is 4. The average molecular weight is 394 g/mol. The van der Waals surface area contributed by atoms with Crippen molar-refractivity contribution in [3.05, 3.63) is 46.9 Å². The van der Waals surface area contributed by atoms with E-state index in [4.69, 9.17) is 16.9 Å². The zero-order valence-electron chi connectivity index (χ0n) is 13.9. The highest BCUT2D eigenvalue weighted by Crippen LogP contribution is 2.31. The third-order valence-electron chi connectivity index (χ3n) is 4.45. The van der Waals surface area contributed by atoms with Gasteiger partial charge in [0.15, 0.2) is 11.5 Å². The van der Waals surface area contributed by atoms with E-state index in [-0.39, 0.29) is 16.0 Å². The van der Waals surface area contributed by atoms with E-state index in [1.165, 1.54) is 12.1 Å². The Bertz CT molecular complexity index is 967. The van der Waals surface area contributed by atoms with Crippen molar-refractivity contribution in [3.8, 4) is 17.3 Å². The molecule has 0 aliphatic heterocycles. The van der Waals surface area contributed by atoms with Gasteiger partial charge < -0.3 is 0 Å². The zero-order valence-corrected chi connectivity index (χ0v) is 15.4. The van der Waals surface area contributed by atoms with Crippen LogP contribution in [0.15, 0.2) is 30.3 Å². The molecule has 3 rings (SSSR count). The minimum Gasteiger partial charge on any atom is -0.283 e. The molecule has 1 heterocycles. The summed E-state index contributed by atoms with van der Waals surface area (Å²) in [6, 6.07) is 8.93. The van der Waals surface area contributed by atoms with Crippen molar-refractivity contribution >= 4 is 27.3 Å². The molecule has 0 bridgehead atoms. The van der Waals surface area contributed by atoms with Gasteiger partial charge in [-0.3, -0.25) is 4.72 Å². The quantitative estimate of drug-likeness (QED) is 0.829. The summed E-state index contributed by atoms with van der Waals surface area (Å²) in [4.78, 5) is 3.94. The molecule has 1 fully saturated rings. The Hall–Kier alpha value is -2.17. The molecule has 1 N–H and O–H groups in total. The number of pyridine rings is 1. The molecule has 0 spiro atoms. The molecule has 0 radical (unpaired) electrons. The number of halogens is 2. The van der Waals surface area contributed by atoms with Crippen LogP contribution in [0.4, 0.5) is 10.1 Å². The van der Waals surface area contributed by atoms with Crippen LogP contribution in [0.1, 0.15) is 37.8 Å². The third kappa shape index (κ3) is 3.97. The Morgan fingerprint density at radius 3 is 2.58 bits per heavy atom. The van der Waals surface area contributed by atoms with Gasteiger partial charge in [-0.25, -0.2) is 17.8 Å². The second-order valence-corrected chi connectivity index (χ2v) is 8.61. The maximum atomic E-state index is 13.4. The molecule has 0 saturated heterocycles. The smallest absolute Gasteiger partial charge is 0.235 e. The predicted octanol–water partition coefficient (Wildman–Crippen LogP) is 4.49. The molecule has 0 unspecified atom stereocenters. The monoisotopic (exact) mass is 393 g/mol. The van der Waals surface area contributed by atoms with Gasteiger partial charge in [-0.05, 0) is 43.2 Å². The zero-order chi connectivity index (χ0) is 18.7. The first kappa shape index (κ1) is 18.6. The Morgan fingerprint density at radius 1 is 1.19 bits per heavy atom. The van der Waals surface area contributed by atoms with Crippen LogP contribution in [0.3, 0.4) is 0 Å². The summed E-state index contributed by atoms with van der Waals surface area (Å²) in [5, 5.41) is 8.77. The molecule has 1 aliphatic carbocycles. The number of benzene rings is 1. The second kappa shape index (κ2) is 7.60. The minimum atomic E-state index is -3.46. The summed E-state index contributed by atoms with van der Waals surface area (Å²) < 4.78 is 41.0. The van der Waals surface area contributed by atoms with Gasteiger partial charge in [0.05, 0.1) is 16.0 Å². The van der Waals surface area contributed by atoms with E-state index in [2.05, 4.69) is 9.71 Å². The summed E-state index contributed by atoms with van der Waals surface area (Å²) in [5.41, 5.74) is 0.881. The van der Waals surface area contributed by atoms with E-state index in [9.17, 15) is 12.8 Å². The van der Waals surface area contributed by atoms with Gasteiger partial charge >= 0.3 is 0 Å². The number of nitrogens with zero attached hydrogens (tertiary/aromatic N) is 2. The van der Waals surface area contributed by atoms with Gasteiger partial charge in [0.1, 0.15) is 6.07 Å². The maximum absolute atomic E-state index is 13.4. The van der Waals surface area contributed by atoms with E-state index in [1.807, 2.05) is 0 Å². The highest BCUT2D eigenvalue weighted by Gasteiger charge is 2.27. The molecule has 26 heavy (non-hydrogen) atoms. The van der Waals surface area contributed by atoms with Crippen LogP contribution in [0.5, 0.6) is 0 Å². The molecular formula is C18H17ClFN3O2S. The van der Waals surface area contributed by atoms with E-state index in [1.54, 1.807) is 18.2 Å². The Labute approximate surface area is 156 Å². The maximum Gasteiger partial charge on any atom is 0.235 e. The van der Waals surface area contributed by atoms with Crippen LogP contribution >= 0.6 is 11.6 Å². The van der Waals surface area contributed by atoms with Crippen molar-refractivity contribution < 1.29 is 12.8 Å². The molecule has 1 saturated carbocycles. The van der Waals surface area contributed by atoms with E-state index >= 15 is 0 Å². The molecule has 1 aromatic carbocycles. The van der Waals surface area contributed by atoms with Gasteiger partial charge in [-0.15, -0.1) is 0 Å². The lowest BCUT2D eigenvalue weighted by molar-refractivity contribution is 0.486. The second-order valence-electron chi connectivity index (χ2n) is 6.24. The van der Waals surface area contributed by atoms with Crippen molar-refractivity contribution in [1.29, 1.82) is 5.26 Å². The summed E-state index contributed by atoms with van der Waals surface area (Å²) >= 11 is 6.26. The number of aromatic nitrogens is 1. The Morgan fingerprint density at radius 2 is 1.92 bits per heavy atom. The molecule has 1 aliphatic rings. The van der Waals surface area contributed by atoms with Crippen LogP contribution in [-0.4, -0.2) is 18.7 Å². The van der Waals surface area contributed by atoms with Gasteiger partial charge in [0.25, 0.3) is 0 Å². The molecule has 0 amide bonds. The van der Waals surface area contributed by atoms with Crippen LogP contribution in [-0.2, 0) is 10.0 Å². The number of nitriles is 1. The number of anilines is 1. The number of hydrogen-bond acceptors (Lipinski definition) is 4. The normalized spacial score (nSPS) is 15.4. The van der Waals surface area contributed by atoms with Crippen molar-refractivity contribution in [2.24, 2.45) is 0 Å². The summed E-state index contributed by atoms with van der Waals surface area (Å²) in [5.74, 6) is -0.704. The topological polar surface area (TPSA) is 82.8 Å². The fourth-order valence-corrected chi connectivity index (χ4v) is 4.93. The van der Waals surface area contributed by atoms with Crippen molar-refractivity contribution in [2.75, 3.05) is 4.72 Å². The highest BCUT2D eigenvalue weighted by atomic mass is 35.5. The number of hydrogen-bond donors (Lipinski definition) is 1. The molecule has 5 nitrogen and oxygen atoms in total. The van der Waals surface area contributed by atoms with Gasteiger partial charge in [-0.2, -0.15) is 5.26 Å². The lowest BCUT2D eigenvalue weighted by Gasteiger charge is -2.22. The number of sulfonamides is 1. The lowest BCUT2D eigenvalue weighted by atomic mass is 10.0. The van der Waals surface area contributed by atoms with Crippen molar-refractivity contribution in [3.63, 3.8) is 0 Å². The standard InChI is InChI=1S/C18H17ClFN3O2S/c19-15-10-12(23-26(24,25)13-4-2-1-3-5-13)6-7-14(15)17-9-8-16(20)18(11-21)22-17/h6-10,13,23H,1-5H2. The fourth-order valence-electron chi connectivity index (χ4n) is 3.08. The lowest BCUT2D eigenvalue weighted by Crippen LogP contribution is -2.29. The minimum absolute atomic E-state index is 0.261. The van der Waals surface area contributed by atoms with Crippen molar-refractivity contribution in [2.45, 2.75) is 37.4 Å². The van der Waals surface area contributed by atoms with E-state index in [0.29, 0.717) is 29.8 Å². The third-order valence-corrected chi connectivity index (χ3v) is 6.63. The van der Waals surface area contributed by atoms with Gasteiger partial charge in [-0.1, -0.05) is 30.9 Å². The Kier molecular flexibility index (Phi) is 5.44. The van der Waals surface area contributed by atoms with Crippen LogP contribution in [0.2, 0.25) is 5.02 Å².